The van der Waals surface area contributed by atoms with E-state index >= 15 is 0 Å². The highest BCUT2D eigenvalue weighted by Crippen LogP contribution is 2.36. The van der Waals surface area contributed by atoms with Gasteiger partial charge in [0, 0.05) is 18.0 Å². The van der Waals surface area contributed by atoms with E-state index in [2.05, 4.69) is 0 Å². The molecule has 29 heavy (non-hydrogen) atoms. The molecule has 1 saturated heterocycles. The molecule has 1 fully saturated rings. The molecule has 1 aromatic carbocycles. The van der Waals surface area contributed by atoms with E-state index in [1.54, 1.807) is 24.3 Å². The number of hydrogen-bond acceptors (Lipinski definition) is 4. The minimum Gasteiger partial charge on any atom is -0.484 e. The molecule has 1 heterocycles. The Morgan fingerprint density at radius 1 is 1.28 bits per heavy atom. The number of amides is 1. The number of hydrogen-bond donors (Lipinski definition) is 1. The molecule has 1 N–H and O–H groups in total. The Balaban J connectivity index is 1.51. The Hall–Kier alpha value is -2.13. The van der Waals surface area contributed by atoms with Crippen LogP contribution in [0.3, 0.4) is 0 Å². The van der Waals surface area contributed by atoms with Crippen LogP contribution >= 0.6 is 0 Å². The van der Waals surface area contributed by atoms with Gasteiger partial charge in [-0.1, -0.05) is 30.4 Å². The molecule has 1 aliphatic carbocycles. The lowest BCUT2D eigenvalue weighted by molar-refractivity contribution is -0.160. The SMILES string of the molecule is O=C(COc1ccc(CO)cc1)N1CCC(S(=O)C2=CC=CC(C(F)(F)F)C2)C1. The molecule has 5 nitrogen and oxygen atoms in total. The van der Waals surface area contributed by atoms with Gasteiger partial charge in [-0.2, -0.15) is 13.2 Å². The molecular formula is C20H22F3NO4S. The van der Waals surface area contributed by atoms with Crippen molar-refractivity contribution in [2.45, 2.75) is 30.9 Å². The molecule has 3 atom stereocenters. The van der Waals surface area contributed by atoms with E-state index in [4.69, 9.17) is 9.84 Å². The third-order valence-corrected chi connectivity index (χ3v) is 6.80. The van der Waals surface area contributed by atoms with Crippen LogP contribution < -0.4 is 4.74 Å². The molecule has 3 unspecified atom stereocenters. The molecule has 2 aliphatic rings. The Morgan fingerprint density at radius 2 is 2.00 bits per heavy atom. The van der Waals surface area contributed by atoms with Gasteiger partial charge in [0.1, 0.15) is 5.75 Å². The standard InChI is InChI=1S/C20H22F3NO4S/c21-20(22,23)15-2-1-3-17(10-15)29(27)18-8-9-24(11-18)19(26)13-28-16-6-4-14(12-25)5-7-16/h1-7,15,18,25H,8-13H2. The normalized spacial score (nSPS) is 23.0. The maximum Gasteiger partial charge on any atom is 0.395 e. The zero-order valence-electron chi connectivity index (χ0n) is 15.6. The van der Waals surface area contributed by atoms with Gasteiger partial charge in [0.25, 0.3) is 5.91 Å². The third kappa shape index (κ3) is 5.48. The zero-order chi connectivity index (χ0) is 21.0. The van der Waals surface area contributed by atoms with Crippen LogP contribution in [0.15, 0.2) is 47.4 Å². The van der Waals surface area contributed by atoms with Gasteiger partial charge in [-0.25, -0.2) is 0 Å². The van der Waals surface area contributed by atoms with Crippen molar-refractivity contribution in [2.75, 3.05) is 19.7 Å². The first-order valence-electron chi connectivity index (χ1n) is 9.23. The number of carbonyl (C=O) groups is 1. The number of likely N-dealkylation sites (tertiary alicyclic amines) is 1. The number of benzene rings is 1. The minimum atomic E-state index is -4.36. The molecule has 1 amide bonds. The first-order valence-corrected chi connectivity index (χ1v) is 10.4. The maximum atomic E-state index is 12.9. The van der Waals surface area contributed by atoms with Crippen molar-refractivity contribution in [3.63, 3.8) is 0 Å². The summed E-state index contributed by atoms with van der Waals surface area (Å²) in [5.41, 5.74) is 0.730. The maximum absolute atomic E-state index is 12.9. The minimum absolute atomic E-state index is 0.0819. The van der Waals surface area contributed by atoms with Crippen LogP contribution in [0.1, 0.15) is 18.4 Å². The van der Waals surface area contributed by atoms with Crippen molar-refractivity contribution < 1.29 is 32.0 Å². The number of nitrogens with zero attached hydrogens (tertiary/aromatic N) is 1. The van der Waals surface area contributed by atoms with Crippen LogP contribution in [0.2, 0.25) is 0 Å². The molecule has 0 spiro atoms. The average molecular weight is 429 g/mol. The fourth-order valence-corrected chi connectivity index (χ4v) is 4.91. The summed E-state index contributed by atoms with van der Waals surface area (Å²) >= 11 is 0. The van der Waals surface area contributed by atoms with Crippen LogP contribution in [-0.2, 0) is 22.2 Å². The van der Waals surface area contributed by atoms with Gasteiger partial charge in [-0.3, -0.25) is 9.00 Å². The average Bonchev–Trinajstić information content (AvgIpc) is 3.21. The fourth-order valence-electron chi connectivity index (χ4n) is 3.29. The molecule has 9 heteroatoms. The van der Waals surface area contributed by atoms with Crippen molar-refractivity contribution in [3.05, 3.63) is 53.0 Å². The lowest BCUT2D eigenvalue weighted by Gasteiger charge is -2.22. The highest BCUT2D eigenvalue weighted by molar-refractivity contribution is 7.89. The van der Waals surface area contributed by atoms with E-state index in [9.17, 15) is 22.2 Å². The summed E-state index contributed by atoms with van der Waals surface area (Å²) in [5.74, 6) is -1.38. The summed E-state index contributed by atoms with van der Waals surface area (Å²) in [7, 11) is -1.57. The largest absolute Gasteiger partial charge is 0.484 e. The van der Waals surface area contributed by atoms with Gasteiger partial charge in [-0.15, -0.1) is 0 Å². The van der Waals surface area contributed by atoms with Gasteiger partial charge in [0.05, 0.1) is 28.6 Å². The van der Waals surface area contributed by atoms with E-state index in [1.165, 1.54) is 17.1 Å². The summed E-state index contributed by atoms with van der Waals surface area (Å²) in [5, 5.41) is 8.64. The molecular weight excluding hydrogens is 407 g/mol. The number of allylic oxidation sites excluding steroid dienone is 4. The van der Waals surface area contributed by atoms with E-state index in [0.29, 0.717) is 18.7 Å². The summed E-state index contributed by atoms with van der Waals surface area (Å²) in [6, 6.07) is 6.69. The second kappa shape index (κ2) is 9.13. The van der Waals surface area contributed by atoms with E-state index in [1.807, 2.05) is 0 Å². The van der Waals surface area contributed by atoms with Crippen LogP contribution in [0.5, 0.6) is 5.75 Å². The molecule has 0 saturated carbocycles. The third-order valence-electron chi connectivity index (χ3n) is 4.99. The Morgan fingerprint density at radius 3 is 2.66 bits per heavy atom. The summed E-state index contributed by atoms with van der Waals surface area (Å²) in [4.78, 5) is 14.2. The van der Waals surface area contributed by atoms with E-state index in [0.717, 1.165) is 11.6 Å². The Bertz CT molecular complexity index is 820. The van der Waals surface area contributed by atoms with Crippen molar-refractivity contribution in [1.29, 1.82) is 0 Å². The predicted octanol–water partition coefficient (Wildman–Crippen LogP) is 2.93. The lowest BCUT2D eigenvalue weighted by Crippen LogP contribution is -2.34. The van der Waals surface area contributed by atoms with E-state index < -0.39 is 22.9 Å². The number of ether oxygens (including phenoxy) is 1. The summed E-state index contributed by atoms with van der Waals surface area (Å²) in [6.45, 7) is 0.366. The van der Waals surface area contributed by atoms with Gasteiger partial charge < -0.3 is 14.7 Å². The molecule has 0 radical (unpaired) electrons. The van der Waals surface area contributed by atoms with Crippen LogP contribution in [-0.4, -0.2) is 51.2 Å². The highest BCUT2D eigenvalue weighted by Gasteiger charge is 2.41. The second-order valence-electron chi connectivity index (χ2n) is 7.01. The number of halogens is 3. The van der Waals surface area contributed by atoms with Gasteiger partial charge in [0.2, 0.25) is 0 Å². The second-order valence-corrected chi connectivity index (χ2v) is 8.79. The molecule has 1 aromatic rings. The van der Waals surface area contributed by atoms with Crippen LogP contribution in [0, 0.1) is 5.92 Å². The smallest absolute Gasteiger partial charge is 0.395 e. The highest BCUT2D eigenvalue weighted by atomic mass is 32.2. The molecule has 158 valence electrons. The van der Waals surface area contributed by atoms with Crippen LogP contribution in [0.4, 0.5) is 13.2 Å². The number of carbonyl (C=O) groups excluding carboxylic acids is 1. The van der Waals surface area contributed by atoms with Crippen molar-refractivity contribution in [3.8, 4) is 5.75 Å². The monoisotopic (exact) mass is 429 g/mol. The first-order chi connectivity index (χ1) is 13.8. The number of aliphatic hydroxyl groups is 1. The number of rotatable bonds is 6. The first kappa shape index (κ1) is 21.6. The molecule has 0 bridgehead atoms. The van der Waals surface area contributed by atoms with Gasteiger partial charge >= 0.3 is 6.18 Å². The van der Waals surface area contributed by atoms with Crippen molar-refractivity contribution in [1.82, 2.24) is 4.90 Å². The fraction of sp³-hybridized carbons (Fsp3) is 0.450. The van der Waals surface area contributed by atoms with Crippen molar-refractivity contribution in [2.24, 2.45) is 5.92 Å². The van der Waals surface area contributed by atoms with Gasteiger partial charge in [-0.05, 0) is 30.5 Å². The topological polar surface area (TPSA) is 66.8 Å². The number of aliphatic hydroxyl groups excluding tert-OH is 1. The van der Waals surface area contributed by atoms with Gasteiger partial charge in [0.15, 0.2) is 6.61 Å². The quantitative estimate of drug-likeness (QED) is 0.755. The molecule has 0 aromatic heterocycles. The van der Waals surface area contributed by atoms with E-state index in [-0.39, 0.29) is 42.2 Å². The molecule has 3 rings (SSSR count). The Kier molecular flexibility index (Phi) is 6.79. The molecule has 1 aliphatic heterocycles. The number of alkyl halides is 3. The predicted molar refractivity (Wildman–Crippen MR) is 102 cm³/mol. The zero-order valence-corrected chi connectivity index (χ0v) is 16.4. The van der Waals surface area contributed by atoms with Crippen molar-refractivity contribution >= 4 is 16.7 Å². The Labute approximate surface area is 169 Å². The van der Waals surface area contributed by atoms with Crippen LogP contribution in [0.25, 0.3) is 0 Å². The lowest BCUT2D eigenvalue weighted by atomic mass is 10.0. The summed E-state index contributed by atoms with van der Waals surface area (Å²) < 4.78 is 57.0. The summed E-state index contributed by atoms with van der Waals surface area (Å²) in [6.07, 6.45) is -0.309.